The molecule has 2 aromatic carbocycles. The van der Waals surface area contributed by atoms with Crippen molar-refractivity contribution in [3.63, 3.8) is 0 Å². The molecule has 1 aliphatic heterocycles. The summed E-state index contributed by atoms with van der Waals surface area (Å²) in [7, 11) is 0. The molecule has 0 spiro atoms. The number of H-pyrrole nitrogens is 1. The van der Waals surface area contributed by atoms with E-state index in [0.717, 1.165) is 43.0 Å². The van der Waals surface area contributed by atoms with Crippen LogP contribution < -0.4 is 16.4 Å². The fraction of sp³-hybridized carbons (Fsp3) is 0.292. The molecule has 3 heterocycles. The van der Waals surface area contributed by atoms with E-state index < -0.39 is 11.1 Å². The summed E-state index contributed by atoms with van der Waals surface area (Å²) in [6.45, 7) is 3.08. The van der Waals surface area contributed by atoms with Crippen molar-refractivity contribution in [3.8, 4) is 11.4 Å². The van der Waals surface area contributed by atoms with E-state index in [2.05, 4.69) is 25.1 Å². The van der Waals surface area contributed by atoms with Crippen molar-refractivity contribution in [2.75, 3.05) is 5.32 Å². The summed E-state index contributed by atoms with van der Waals surface area (Å²) < 4.78 is 3.58. The number of benzene rings is 2. The van der Waals surface area contributed by atoms with Gasteiger partial charge in [0.15, 0.2) is 5.82 Å². The standard InChI is InChI=1S/C24H24N6O3/c1-2-29-19-12-9-16(14-18(19)26-23(32)24(29)33)22(31)25-17-10-7-15(8-11-17)21-28-27-20-6-4-3-5-13-30(20)21/h7-12,14H,2-6,13H2,1H3,(H,25,31)(H,26,32). The Bertz CT molecular complexity index is 1460. The third-order valence-electron chi connectivity index (χ3n) is 6.06. The number of aromatic nitrogens is 5. The summed E-state index contributed by atoms with van der Waals surface area (Å²) in [5.74, 6) is 1.57. The lowest BCUT2D eigenvalue weighted by Crippen LogP contribution is -2.36. The molecule has 0 atom stereocenters. The maximum atomic E-state index is 12.8. The Kier molecular flexibility index (Phi) is 5.37. The average molecular weight is 444 g/mol. The lowest BCUT2D eigenvalue weighted by Gasteiger charge is -2.10. The molecule has 0 bridgehead atoms. The number of aryl methyl sites for hydroxylation is 2. The molecule has 1 amide bonds. The number of anilines is 1. The van der Waals surface area contributed by atoms with Gasteiger partial charge in [0, 0.05) is 36.3 Å². The van der Waals surface area contributed by atoms with Gasteiger partial charge >= 0.3 is 11.1 Å². The molecule has 168 valence electrons. The number of hydrogen-bond donors (Lipinski definition) is 2. The molecule has 1 aliphatic rings. The van der Waals surface area contributed by atoms with Gasteiger partial charge in [-0.05, 0) is 62.2 Å². The van der Waals surface area contributed by atoms with Crippen molar-refractivity contribution >= 4 is 22.6 Å². The van der Waals surface area contributed by atoms with Crippen LogP contribution in [0.5, 0.6) is 0 Å². The first-order chi connectivity index (χ1) is 16.0. The number of carbonyl (C=O) groups excluding carboxylic acids is 1. The van der Waals surface area contributed by atoms with Crippen LogP contribution in [-0.2, 0) is 19.5 Å². The molecule has 9 nitrogen and oxygen atoms in total. The molecule has 0 fully saturated rings. The van der Waals surface area contributed by atoms with E-state index in [1.54, 1.807) is 25.1 Å². The first-order valence-corrected chi connectivity index (χ1v) is 11.2. The van der Waals surface area contributed by atoms with Crippen molar-refractivity contribution in [1.29, 1.82) is 0 Å². The van der Waals surface area contributed by atoms with Crippen LogP contribution in [0.2, 0.25) is 0 Å². The molecule has 0 radical (unpaired) electrons. The smallest absolute Gasteiger partial charge is 0.316 e. The van der Waals surface area contributed by atoms with Crippen LogP contribution in [-0.4, -0.2) is 30.2 Å². The molecular weight excluding hydrogens is 420 g/mol. The Morgan fingerprint density at radius 3 is 2.67 bits per heavy atom. The largest absolute Gasteiger partial charge is 0.322 e. The summed E-state index contributed by atoms with van der Waals surface area (Å²) in [5, 5.41) is 11.6. The Balaban J connectivity index is 1.38. The van der Waals surface area contributed by atoms with E-state index in [0.29, 0.717) is 28.8 Å². The Labute approximate surface area is 189 Å². The minimum atomic E-state index is -0.705. The third-order valence-corrected chi connectivity index (χ3v) is 6.06. The lowest BCUT2D eigenvalue weighted by atomic mass is 10.1. The molecular formula is C24H24N6O3. The summed E-state index contributed by atoms with van der Waals surface area (Å²) >= 11 is 0. The van der Waals surface area contributed by atoms with Crippen LogP contribution in [0.3, 0.4) is 0 Å². The number of nitrogens with one attached hydrogen (secondary N) is 2. The fourth-order valence-electron chi connectivity index (χ4n) is 4.34. The fourth-order valence-corrected chi connectivity index (χ4v) is 4.34. The summed E-state index contributed by atoms with van der Waals surface area (Å²) in [5.41, 5.74) is 1.69. The Morgan fingerprint density at radius 1 is 1.06 bits per heavy atom. The topological polar surface area (TPSA) is 115 Å². The van der Waals surface area contributed by atoms with Crippen molar-refractivity contribution in [3.05, 3.63) is 74.6 Å². The monoisotopic (exact) mass is 444 g/mol. The number of aromatic amines is 1. The number of carbonyl (C=O) groups is 1. The zero-order valence-electron chi connectivity index (χ0n) is 18.3. The first kappa shape index (κ1) is 20.9. The van der Waals surface area contributed by atoms with E-state index in [4.69, 9.17) is 0 Å². The van der Waals surface area contributed by atoms with Gasteiger partial charge in [-0.25, -0.2) is 0 Å². The minimum absolute atomic E-state index is 0.309. The van der Waals surface area contributed by atoms with Crippen LogP contribution in [0.15, 0.2) is 52.1 Å². The maximum absolute atomic E-state index is 12.8. The molecule has 0 unspecified atom stereocenters. The third kappa shape index (κ3) is 3.86. The molecule has 0 aliphatic carbocycles. The van der Waals surface area contributed by atoms with Gasteiger partial charge in [-0.15, -0.1) is 10.2 Å². The van der Waals surface area contributed by atoms with Gasteiger partial charge < -0.3 is 19.4 Å². The van der Waals surface area contributed by atoms with Crippen LogP contribution >= 0.6 is 0 Å². The molecule has 9 heteroatoms. The Hall–Kier alpha value is -4.01. The molecule has 33 heavy (non-hydrogen) atoms. The van der Waals surface area contributed by atoms with E-state index in [1.165, 1.54) is 11.0 Å². The second-order valence-electron chi connectivity index (χ2n) is 8.17. The predicted octanol–water partition coefficient (Wildman–Crippen LogP) is 2.95. The van der Waals surface area contributed by atoms with Gasteiger partial charge in [0.2, 0.25) is 0 Å². The zero-order chi connectivity index (χ0) is 22.9. The van der Waals surface area contributed by atoms with E-state index in [1.807, 2.05) is 24.3 Å². The number of nitrogens with zero attached hydrogens (tertiary/aromatic N) is 4. The lowest BCUT2D eigenvalue weighted by molar-refractivity contribution is 0.102. The van der Waals surface area contributed by atoms with Crippen LogP contribution in [0.25, 0.3) is 22.4 Å². The quantitative estimate of drug-likeness (QED) is 0.470. The number of fused-ring (bicyclic) bond motifs is 2. The second kappa shape index (κ2) is 8.50. The number of hydrogen-bond acceptors (Lipinski definition) is 5. The second-order valence-corrected chi connectivity index (χ2v) is 8.17. The van der Waals surface area contributed by atoms with E-state index >= 15 is 0 Å². The van der Waals surface area contributed by atoms with Gasteiger partial charge in [-0.1, -0.05) is 6.42 Å². The SMILES string of the molecule is CCn1c(=O)c(=O)[nH]c2cc(C(=O)Nc3ccc(-c4nnc5n4CCCCC5)cc3)ccc21. The van der Waals surface area contributed by atoms with Gasteiger partial charge in [0.05, 0.1) is 11.0 Å². The van der Waals surface area contributed by atoms with Crippen molar-refractivity contribution < 1.29 is 4.79 Å². The highest BCUT2D eigenvalue weighted by Crippen LogP contribution is 2.24. The Morgan fingerprint density at radius 2 is 1.88 bits per heavy atom. The summed E-state index contributed by atoms with van der Waals surface area (Å²) in [4.78, 5) is 39.3. The van der Waals surface area contributed by atoms with E-state index in [-0.39, 0.29) is 5.91 Å². The van der Waals surface area contributed by atoms with E-state index in [9.17, 15) is 14.4 Å². The maximum Gasteiger partial charge on any atom is 0.316 e. The molecule has 2 N–H and O–H groups in total. The molecule has 5 rings (SSSR count). The average Bonchev–Trinajstić information content (AvgIpc) is 3.08. The van der Waals surface area contributed by atoms with Crippen LogP contribution in [0.4, 0.5) is 5.69 Å². The normalized spacial score (nSPS) is 13.5. The van der Waals surface area contributed by atoms with Gasteiger partial charge in [0.1, 0.15) is 5.82 Å². The highest BCUT2D eigenvalue weighted by Gasteiger charge is 2.16. The minimum Gasteiger partial charge on any atom is -0.322 e. The number of amides is 1. The molecule has 0 saturated heterocycles. The summed E-state index contributed by atoms with van der Waals surface area (Å²) in [6, 6.07) is 12.4. The van der Waals surface area contributed by atoms with Crippen molar-refractivity contribution in [1.82, 2.24) is 24.3 Å². The number of rotatable bonds is 4. The first-order valence-electron chi connectivity index (χ1n) is 11.2. The molecule has 2 aromatic heterocycles. The van der Waals surface area contributed by atoms with Gasteiger partial charge in [-0.2, -0.15) is 0 Å². The molecule has 4 aromatic rings. The summed E-state index contributed by atoms with van der Waals surface area (Å²) in [6.07, 6.45) is 4.42. The highest BCUT2D eigenvalue weighted by atomic mass is 16.2. The highest BCUT2D eigenvalue weighted by molar-refractivity contribution is 6.06. The van der Waals surface area contributed by atoms with Crippen molar-refractivity contribution in [2.45, 2.75) is 45.7 Å². The van der Waals surface area contributed by atoms with Crippen LogP contribution in [0, 0.1) is 0 Å². The molecule has 0 saturated carbocycles. The van der Waals surface area contributed by atoms with Crippen LogP contribution in [0.1, 0.15) is 42.4 Å². The van der Waals surface area contributed by atoms with Crippen molar-refractivity contribution in [2.24, 2.45) is 0 Å². The predicted molar refractivity (Wildman–Crippen MR) is 125 cm³/mol. The van der Waals surface area contributed by atoms with Gasteiger partial charge in [-0.3, -0.25) is 14.4 Å². The zero-order valence-corrected chi connectivity index (χ0v) is 18.3. The van der Waals surface area contributed by atoms with Gasteiger partial charge in [0.25, 0.3) is 5.91 Å².